The maximum absolute atomic E-state index is 5.34. The van der Waals surface area contributed by atoms with Gasteiger partial charge in [-0.25, -0.2) is 4.98 Å². The maximum atomic E-state index is 5.34. The fraction of sp³-hybridized carbons (Fsp3) is 0.333. The molecule has 0 aliphatic carbocycles. The Hall–Kier alpha value is -1.88. The number of fused-ring (bicyclic) bond motifs is 1. The lowest BCUT2D eigenvalue weighted by Crippen LogP contribution is -2.28. The Kier molecular flexibility index (Phi) is 2.53. The highest BCUT2D eigenvalue weighted by Crippen LogP contribution is 2.28. The Morgan fingerprint density at radius 2 is 2.35 bits per heavy atom. The minimum Gasteiger partial charge on any atom is -0.494 e. The first-order valence-electron chi connectivity index (χ1n) is 5.64. The number of methoxy groups -OCH3 is 1. The second kappa shape index (κ2) is 4.18. The van der Waals surface area contributed by atoms with E-state index in [9.17, 15) is 0 Å². The fourth-order valence-electron chi connectivity index (χ4n) is 2.13. The van der Waals surface area contributed by atoms with Gasteiger partial charge in [0.15, 0.2) is 0 Å². The van der Waals surface area contributed by atoms with E-state index in [0.717, 1.165) is 42.6 Å². The third-order valence-electron chi connectivity index (χ3n) is 2.97. The molecular formula is C12H14N4O. The van der Waals surface area contributed by atoms with Crippen LogP contribution in [0.1, 0.15) is 5.82 Å². The SMILES string of the molecule is COc1cccnc1-c1cnc2n1CCNC2. The molecule has 88 valence electrons. The lowest BCUT2D eigenvalue weighted by atomic mass is 10.2. The van der Waals surface area contributed by atoms with Crippen molar-refractivity contribution in [1.29, 1.82) is 0 Å². The summed E-state index contributed by atoms with van der Waals surface area (Å²) < 4.78 is 7.54. The molecule has 1 aliphatic rings. The summed E-state index contributed by atoms with van der Waals surface area (Å²) in [5, 5.41) is 3.30. The van der Waals surface area contributed by atoms with Crippen LogP contribution in [0.4, 0.5) is 0 Å². The molecule has 0 radical (unpaired) electrons. The Morgan fingerprint density at radius 1 is 1.41 bits per heavy atom. The van der Waals surface area contributed by atoms with Crippen molar-refractivity contribution in [2.24, 2.45) is 0 Å². The molecule has 0 amide bonds. The smallest absolute Gasteiger partial charge is 0.146 e. The van der Waals surface area contributed by atoms with Gasteiger partial charge in [0.05, 0.1) is 25.5 Å². The summed E-state index contributed by atoms with van der Waals surface area (Å²) in [6.07, 6.45) is 3.64. The first kappa shape index (κ1) is 10.3. The number of hydrogen-bond acceptors (Lipinski definition) is 4. The van der Waals surface area contributed by atoms with Crippen molar-refractivity contribution in [3.05, 3.63) is 30.4 Å². The molecule has 0 saturated heterocycles. The van der Waals surface area contributed by atoms with Gasteiger partial charge in [0.1, 0.15) is 17.3 Å². The number of hydrogen-bond donors (Lipinski definition) is 1. The average molecular weight is 230 g/mol. The van der Waals surface area contributed by atoms with Crippen molar-refractivity contribution in [2.75, 3.05) is 13.7 Å². The molecular weight excluding hydrogens is 216 g/mol. The van der Waals surface area contributed by atoms with Gasteiger partial charge in [0.25, 0.3) is 0 Å². The van der Waals surface area contributed by atoms with E-state index in [1.54, 1.807) is 13.3 Å². The Labute approximate surface area is 99.5 Å². The lowest BCUT2D eigenvalue weighted by molar-refractivity contribution is 0.414. The molecule has 0 unspecified atom stereocenters. The van der Waals surface area contributed by atoms with Gasteiger partial charge in [-0.1, -0.05) is 0 Å². The summed E-state index contributed by atoms with van der Waals surface area (Å²) >= 11 is 0. The number of rotatable bonds is 2. The Morgan fingerprint density at radius 3 is 3.24 bits per heavy atom. The fourth-order valence-corrected chi connectivity index (χ4v) is 2.13. The van der Waals surface area contributed by atoms with Gasteiger partial charge >= 0.3 is 0 Å². The highest BCUT2D eigenvalue weighted by molar-refractivity contribution is 5.62. The molecule has 2 aromatic heterocycles. The van der Waals surface area contributed by atoms with E-state index in [2.05, 4.69) is 19.9 Å². The summed E-state index contributed by atoms with van der Waals surface area (Å²) in [5.41, 5.74) is 1.88. The summed E-state index contributed by atoms with van der Waals surface area (Å²) in [7, 11) is 1.66. The molecule has 1 N–H and O–H groups in total. The van der Waals surface area contributed by atoms with Gasteiger partial charge in [-0.3, -0.25) is 4.98 Å². The summed E-state index contributed by atoms with van der Waals surface area (Å²) in [5.74, 6) is 1.84. The molecule has 0 saturated carbocycles. The van der Waals surface area contributed by atoms with Crippen molar-refractivity contribution >= 4 is 0 Å². The van der Waals surface area contributed by atoms with E-state index in [1.807, 2.05) is 18.3 Å². The summed E-state index contributed by atoms with van der Waals surface area (Å²) in [6.45, 7) is 2.70. The topological polar surface area (TPSA) is 52.0 Å². The van der Waals surface area contributed by atoms with Crippen LogP contribution in [0.3, 0.4) is 0 Å². The van der Waals surface area contributed by atoms with Crippen LogP contribution in [0, 0.1) is 0 Å². The van der Waals surface area contributed by atoms with Crippen LogP contribution in [0.5, 0.6) is 5.75 Å². The second-order valence-electron chi connectivity index (χ2n) is 3.94. The maximum Gasteiger partial charge on any atom is 0.146 e. The number of pyridine rings is 1. The zero-order chi connectivity index (χ0) is 11.7. The number of aromatic nitrogens is 3. The van der Waals surface area contributed by atoms with Crippen LogP contribution in [0.15, 0.2) is 24.5 Å². The van der Waals surface area contributed by atoms with Crippen molar-refractivity contribution in [2.45, 2.75) is 13.1 Å². The third kappa shape index (κ3) is 1.68. The number of nitrogens with one attached hydrogen (secondary N) is 1. The predicted molar refractivity (Wildman–Crippen MR) is 63.7 cm³/mol. The van der Waals surface area contributed by atoms with Crippen LogP contribution in [0.2, 0.25) is 0 Å². The molecule has 5 nitrogen and oxygen atoms in total. The highest BCUT2D eigenvalue weighted by Gasteiger charge is 2.17. The van der Waals surface area contributed by atoms with E-state index in [4.69, 9.17) is 4.74 Å². The predicted octanol–water partition coefficient (Wildman–Crippen LogP) is 1.06. The zero-order valence-corrected chi connectivity index (χ0v) is 9.68. The summed E-state index contributed by atoms with van der Waals surface area (Å²) in [6, 6.07) is 3.79. The molecule has 0 atom stereocenters. The van der Waals surface area contributed by atoms with Crippen LogP contribution in [0.25, 0.3) is 11.4 Å². The molecule has 3 heterocycles. The van der Waals surface area contributed by atoms with Gasteiger partial charge < -0.3 is 14.6 Å². The Balaban J connectivity index is 2.12. The van der Waals surface area contributed by atoms with Crippen LogP contribution < -0.4 is 10.1 Å². The molecule has 0 bridgehead atoms. The highest BCUT2D eigenvalue weighted by atomic mass is 16.5. The third-order valence-corrected chi connectivity index (χ3v) is 2.97. The normalized spacial score (nSPS) is 14.4. The van der Waals surface area contributed by atoms with Crippen molar-refractivity contribution < 1.29 is 4.74 Å². The summed E-state index contributed by atoms with van der Waals surface area (Å²) in [4.78, 5) is 8.81. The Bertz CT molecular complexity index is 535. The van der Waals surface area contributed by atoms with E-state index >= 15 is 0 Å². The van der Waals surface area contributed by atoms with Gasteiger partial charge in [-0.15, -0.1) is 0 Å². The van der Waals surface area contributed by atoms with Crippen LogP contribution >= 0.6 is 0 Å². The van der Waals surface area contributed by atoms with Crippen molar-refractivity contribution in [3.63, 3.8) is 0 Å². The van der Waals surface area contributed by atoms with Crippen LogP contribution in [-0.2, 0) is 13.1 Å². The average Bonchev–Trinajstić information content (AvgIpc) is 2.82. The molecule has 17 heavy (non-hydrogen) atoms. The molecule has 0 fully saturated rings. The first-order valence-corrected chi connectivity index (χ1v) is 5.64. The largest absolute Gasteiger partial charge is 0.494 e. The van der Waals surface area contributed by atoms with Gasteiger partial charge in [-0.05, 0) is 12.1 Å². The lowest BCUT2D eigenvalue weighted by Gasteiger charge is -2.17. The quantitative estimate of drug-likeness (QED) is 0.838. The van der Waals surface area contributed by atoms with Gasteiger partial charge in [-0.2, -0.15) is 0 Å². The van der Waals surface area contributed by atoms with Gasteiger partial charge in [0, 0.05) is 19.3 Å². The minimum absolute atomic E-state index is 0.786. The minimum atomic E-state index is 0.786. The first-order chi connectivity index (χ1) is 8.40. The van der Waals surface area contributed by atoms with Gasteiger partial charge in [0.2, 0.25) is 0 Å². The molecule has 0 aromatic carbocycles. The monoisotopic (exact) mass is 230 g/mol. The number of nitrogens with zero attached hydrogens (tertiary/aromatic N) is 3. The standard InChI is InChI=1S/C12H14N4O/c1-17-10-3-2-4-14-12(10)9-7-15-11-8-13-5-6-16(9)11/h2-4,7,13H,5-6,8H2,1H3. The molecule has 5 heteroatoms. The van der Waals surface area contributed by atoms with E-state index < -0.39 is 0 Å². The van der Waals surface area contributed by atoms with E-state index in [-0.39, 0.29) is 0 Å². The van der Waals surface area contributed by atoms with E-state index in [0.29, 0.717) is 0 Å². The molecule has 0 spiro atoms. The zero-order valence-electron chi connectivity index (χ0n) is 9.68. The van der Waals surface area contributed by atoms with Crippen molar-refractivity contribution in [1.82, 2.24) is 19.9 Å². The van der Waals surface area contributed by atoms with E-state index in [1.165, 1.54) is 0 Å². The molecule has 1 aliphatic heterocycles. The molecule has 2 aromatic rings. The second-order valence-corrected chi connectivity index (χ2v) is 3.94. The number of imidazole rings is 1. The number of ether oxygens (including phenoxy) is 1. The van der Waals surface area contributed by atoms with Crippen molar-refractivity contribution in [3.8, 4) is 17.1 Å². The van der Waals surface area contributed by atoms with Crippen LogP contribution in [-0.4, -0.2) is 28.2 Å². The molecule has 3 rings (SSSR count).